The molecule has 1 rings (SSSR count). The molecule has 7 heteroatoms. The third-order valence-corrected chi connectivity index (χ3v) is 5.33. The molecule has 25 heavy (non-hydrogen) atoms. The van der Waals surface area contributed by atoms with Crippen molar-refractivity contribution in [2.45, 2.75) is 83.3 Å². The van der Waals surface area contributed by atoms with Gasteiger partial charge in [0.25, 0.3) is 0 Å². The number of primary amides is 1. The molecule has 0 atom stereocenters. The maximum Gasteiger partial charge on any atom is 0.315 e. The van der Waals surface area contributed by atoms with E-state index < -0.39 is 6.03 Å². The average molecular weight is 356 g/mol. The molecule has 7 nitrogen and oxygen atoms in total. The number of amides is 4. The van der Waals surface area contributed by atoms with Gasteiger partial charge in [-0.2, -0.15) is 0 Å². The summed E-state index contributed by atoms with van der Waals surface area (Å²) in [7, 11) is 2.16. The lowest BCUT2D eigenvalue weighted by Gasteiger charge is -2.53. The minimum Gasteiger partial charge on any atom is -0.352 e. The Morgan fingerprint density at radius 3 is 1.92 bits per heavy atom. The molecule has 4 amide bonds. The average Bonchev–Trinajstić information content (AvgIpc) is 2.46. The molecule has 0 unspecified atom stereocenters. The van der Waals surface area contributed by atoms with E-state index in [1.165, 1.54) is 0 Å². The fraction of sp³-hybridized carbons (Fsp3) is 0.889. The number of unbranched alkanes of at least 4 members (excludes halogenated alkanes) is 3. The van der Waals surface area contributed by atoms with E-state index in [4.69, 9.17) is 5.73 Å². The number of nitrogens with zero attached hydrogens (tertiary/aromatic N) is 1. The van der Waals surface area contributed by atoms with E-state index in [1.54, 1.807) is 0 Å². The molecule has 1 aliphatic rings. The van der Waals surface area contributed by atoms with Gasteiger partial charge in [-0.3, -0.25) is 4.90 Å². The highest BCUT2D eigenvalue weighted by atomic mass is 16.2. The molecular formula is C18H37N5O2. The van der Waals surface area contributed by atoms with Crippen LogP contribution >= 0.6 is 0 Å². The van der Waals surface area contributed by atoms with Gasteiger partial charge in [0.15, 0.2) is 0 Å². The quantitative estimate of drug-likeness (QED) is 0.502. The molecule has 0 aromatic heterocycles. The highest BCUT2D eigenvalue weighted by Crippen LogP contribution is 2.36. The lowest BCUT2D eigenvalue weighted by Crippen LogP contribution is -2.63. The fourth-order valence-corrected chi connectivity index (χ4v) is 3.73. The highest BCUT2D eigenvalue weighted by molar-refractivity contribution is 5.74. The number of nitrogens with one attached hydrogen (secondary N) is 3. The Hall–Kier alpha value is -1.50. The number of nitrogens with two attached hydrogens (primary N) is 1. The number of hydrogen-bond acceptors (Lipinski definition) is 3. The SMILES string of the molecule is CN1C(C)(C)CC(NC(=O)NCCCCCCNC(N)=O)CC1(C)C. The molecule has 0 aromatic carbocycles. The summed E-state index contributed by atoms with van der Waals surface area (Å²) in [6, 6.07) is -0.351. The third kappa shape index (κ3) is 7.50. The summed E-state index contributed by atoms with van der Waals surface area (Å²) in [5.74, 6) is 0. The van der Waals surface area contributed by atoms with Gasteiger partial charge in [0.05, 0.1) is 0 Å². The van der Waals surface area contributed by atoms with Crippen molar-refractivity contribution in [1.29, 1.82) is 0 Å². The van der Waals surface area contributed by atoms with E-state index >= 15 is 0 Å². The Morgan fingerprint density at radius 1 is 0.960 bits per heavy atom. The Morgan fingerprint density at radius 2 is 1.44 bits per heavy atom. The van der Waals surface area contributed by atoms with Gasteiger partial charge in [0.1, 0.15) is 0 Å². The van der Waals surface area contributed by atoms with Crippen molar-refractivity contribution in [3.05, 3.63) is 0 Å². The van der Waals surface area contributed by atoms with E-state index in [-0.39, 0.29) is 23.2 Å². The van der Waals surface area contributed by atoms with Gasteiger partial charge >= 0.3 is 12.1 Å². The minimum absolute atomic E-state index is 0.0681. The van der Waals surface area contributed by atoms with Crippen molar-refractivity contribution in [3.8, 4) is 0 Å². The Kier molecular flexibility index (Phi) is 7.99. The van der Waals surface area contributed by atoms with E-state index in [9.17, 15) is 9.59 Å². The first-order valence-corrected chi connectivity index (χ1v) is 9.36. The molecule has 0 bridgehead atoms. The zero-order valence-corrected chi connectivity index (χ0v) is 16.6. The molecule has 146 valence electrons. The third-order valence-electron chi connectivity index (χ3n) is 5.33. The number of rotatable bonds is 8. The van der Waals surface area contributed by atoms with E-state index in [1.807, 2.05) is 0 Å². The highest BCUT2D eigenvalue weighted by Gasteiger charge is 2.43. The lowest BCUT2D eigenvalue weighted by molar-refractivity contribution is -0.0158. The van der Waals surface area contributed by atoms with Crippen molar-refractivity contribution in [2.24, 2.45) is 5.73 Å². The summed E-state index contributed by atoms with van der Waals surface area (Å²) >= 11 is 0. The molecular weight excluding hydrogens is 318 g/mol. The molecule has 0 saturated carbocycles. The number of carbonyl (C=O) groups is 2. The van der Waals surface area contributed by atoms with Crippen LogP contribution in [-0.4, -0.2) is 54.2 Å². The van der Waals surface area contributed by atoms with Crippen LogP contribution in [0.4, 0.5) is 9.59 Å². The first kappa shape index (κ1) is 21.5. The fourth-order valence-electron chi connectivity index (χ4n) is 3.73. The van der Waals surface area contributed by atoms with Gasteiger partial charge in [-0.1, -0.05) is 12.8 Å². The standard InChI is InChI=1S/C18H37N5O2/c1-17(2)12-14(13-18(3,4)23(17)5)22-16(25)21-11-9-7-6-8-10-20-15(19)24/h14H,6-13H2,1-5H3,(H3,19,20,24)(H2,21,22,25). The second-order valence-corrected chi connectivity index (χ2v) is 8.39. The van der Waals surface area contributed by atoms with Crippen LogP contribution in [0.5, 0.6) is 0 Å². The summed E-state index contributed by atoms with van der Waals surface area (Å²) < 4.78 is 0. The number of urea groups is 2. The molecule has 1 saturated heterocycles. The van der Waals surface area contributed by atoms with Gasteiger partial charge < -0.3 is 21.7 Å². The Bertz CT molecular complexity index is 433. The van der Waals surface area contributed by atoms with E-state index in [0.717, 1.165) is 38.5 Å². The maximum absolute atomic E-state index is 12.1. The summed E-state index contributed by atoms with van der Waals surface area (Å²) in [6.45, 7) is 10.2. The van der Waals surface area contributed by atoms with Crippen molar-refractivity contribution < 1.29 is 9.59 Å². The topological polar surface area (TPSA) is 99.5 Å². The number of hydrogen-bond donors (Lipinski definition) is 4. The number of likely N-dealkylation sites (tertiary alicyclic amines) is 1. The van der Waals surface area contributed by atoms with E-state index in [0.29, 0.717) is 13.1 Å². The number of piperidine rings is 1. The molecule has 5 N–H and O–H groups in total. The van der Waals surface area contributed by atoms with Crippen LogP contribution in [0.25, 0.3) is 0 Å². The van der Waals surface area contributed by atoms with Gasteiger partial charge in [-0.05, 0) is 60.4 Å². The van der Waals surface area contributed by atoms with Crippen molar-refractivity contribution >= 4 is 12.1 Å². The summed E-state index contributed by atoms with van der Waals surface area (Å²) in [4.78, 5) is 25.1. The molecule has 0 radical (unpaired) electrons. The normalized spacial score (nSPS) is 20.0. The summed E-state index contributed by atoms with van der Waals surface area (Å²) in [6.07, 6.45) is 5.79. The lowest BCUT2D eigenvalue weighted by atomic mass is 9.77. The molecule has 1 aliphatic heterocycles. The van der Waals surface area contributed by atoms with Crippen LogP contribution in [0.15, 0.2) is 0 Å². The van der Waals surface area contributed by atoms with E-state index in [2.05, 4.69) is 55.6 Å². The Balaban J connectivity index is 2.19. The molecule has 0 spiro atoms. The van der Waals surface area contributed by atoms with Gasteiger partial charge in [0.2, 0.25) is 0 Å². The second-order valence-electron chi connectivity index (χ2n) is 8.39. The predicted octanol–water partition coefficient (Wildman–Crippen LogP) is 2.17. The smallest absolute Gasteiger partial charge is 0.315 e. The molecule has 1 heterocycles. The monoisotopic (exact) mass is 355 g/mol. The molecule has 0 aromatic rings. The van der Waals surface area contributed by atoms with Crippen molar-refractivity contribution in [3.63, 3.8) is 0 Å². The zero-order chi connectivity index (χ0) is 19.1. The number of carbonyl (C=O) groups excluding carboxylic acids is 2. The van der Waals surface area contributed by atoms with Gasteiger partial charge in [-0.25, -0.2) is 9.59 Å². The second kappa shape index (κ2) is 9.27. The van der Waals surface area contributed by atoms with Gasteiger partial charge in [0, 0.05) is 30.2 Å². The first-order valence-electron chi connectivity index (χ1n) is 9.36. The largest absolute Gasteiger partial charge is 0.352 e. The van der Waals surface area contributed by atoms with Crippen LogP contribution in [-0.2, 0) is 0 Å². The molecule has 1 fully saturated rings. The van der Waals surface area contributed by atoms with Crippen LogP contribution < -0.4 is 21.7 Å². The van der Waals surface area contributed by atoms with Crippen LogP contribution in [0.1, 0.15) is 66.2 Å². The first-order chi connectivity index (χ1) is 11.5. The van der Waals surface area contributed by atoms with Crippen LogP contribution in [0.3, 0.4) is 0 Å². The maximum atomic E-state index is 12.1. The van der Waals surface area contributed by atoms with Crippen molar-refractivity contribution in [1.82, 2.24) is 20.9 Å². The van der Waals surface area contributed by atoms with Gasteiger partial charge in [-0.15, -0.1) is 0 Å². The Labute approximate surface area is 152 Å². The minimum atomic E-state index is -0.474. The zero-order valence-electron chi connectivity index (χ0n) is 16.6. The van der Waals surface area contributed by atoms with Crippen LogP contribution in [0.2, 0.25) is 0 Å². The summed E-state index contributed by atoms with van der Waals surface area (Å²) in [5.41, 5.74) is 5.14. The summed E-state index contributed by atoms with van der Waals surface area (Å²) in [5, 5.41) is 8.66. The van der Waals surface area contributed by atoms with Crippen molar-refractivity contribution in [2.75, 3.05) is 20.1 Å². The van der Waals surface area contributed by atoms with Crippen LogP contribution in [0, 0.1) is 0 Å². The molecule has 0 aliphatic carbocycles. The predicted molar refractivity (Wildman–Crippen MR) is 102 cm³/mol.